The van der Waals surface area contributed by atoms with Gasteiger partial charge in [-0.2, -0.15) is 0 Å². The molecule has 1 aromatic carbocycles. The fraction of sp³-hybridized carbons (Fsp3) is 0.650. The zero-order chi connectivity index (χ0) is 18.1. The number of benzene rings is 1. The molecule has 0 unspecified atom stereocenters. The minimum atomic E-state index is -1.92. The highest BCUT2D eigenvalue weighted by molar-refractivity contribution is 5.58. The number of aryl methyl sites for hydroxylation is 1. The summed E-state index contributed by atoms with van der Waals surface area (Å²) in [4.78, 5) is 15.1. The molecule has 138 valence electrons. The summed E-state index contributed by atoms with van der Waals surface area (Å²) in [7, 11) is 0. The predicted molar refractivity (Wildman–Crippen MR) is 97.1 cm³/mol. The molecule has 25 heavy (non-hydrogen) atoms. The van der Waals surface area contributed by atoms with E-state index in [-0.39, 0.29) is 5.41 Å². The maximum Gasteiger partial charge on any atom is 0.253 e. The van der Waals surface area contributed by atoms with Crippen molar-refractivity contribution in [2.24, 2.45) is 5.41 Å². The number of fused-ring (bicyclic) bond motifs is 1. The van der Waals surface area contributed by atoms with Crippen LogP contribution in [0.2, 0.25) is 0 Å². The topological polar surface area (TPSA) is 64.0 Å². The van der Waals surface area contributed by atoms with Crippen molar-refractivity contribution in [3.05, 3.63) is 34.9 Å². The molecule has 0 atom stereocenters. The van der Waals surface area contributed by atoms with E-state index in [9.17, 15) is 15.0 Å². The smallest absolute Gasteiger partial charge is 0.253 e. The minimum absolute atomic E-state index is 0.365. The van der Waals surface area contributed by atoms with Crippen LogP contribution in [0.3, 0.4) is 0 Å². The standard InChI is InChI=1S/C20H30N2O3/c1-19(2,15-23)14-21-10-12-22(13-11-21)20(24,25)18-9-5-7-16-6-3-4-8-17(16)18/h5,7,9,15,24-25H,3-4,6,8,10-14H2,1-2H3. The Labute approximate surface area is 150 Å². The lowest BCUT2D eigenvalue weighted by Gasteiger charge is -2.43. The molecule has 0 aromatic heterocycles. The normalized spacial score (nSPS) is 20.3. The minimum Gasteiger partial charge on any atom is -0.349 e. The van der Waals surface area contributed by atoms with Gasteiger partial charge >= 0.3 is 0 Å². The number of hydrogen-bond donors (Lipinski definition) is 2. The molecule has 0 radical (unpaired) electrons. The first-order valence-corrected chi connectivity index (χ1v) is 9.33. The number of piperazine rings is 1. The van der Waals surface area contributed by atoms with Crippen LogP contribution in [0.1, 0.15) is 43.4 Å². The third-order valence-electron chi connectivity index (χ3n) is 5.52. The number of carbonyl (C=O) groups is 1. The molecule has 3 rings (SSSR count). The molecule has 0 saturated carbocycles. The fourth-order valence-corrected chi connectivity index (χ4v) is 4.10. The number of aldehydes is 1. The number of nitrogens with zero attached hydrogens (tertiary/aromatic N) is 2. The van der Waals surface area contributed by atoms with Crippen LogP contribution >= 0.6 is 0 Å². The number of rotatable bonds is 5. The third kappa shape index (κ3) is 3.95. The van der Waals surface area contributed by atoms with Crippen molar-refractivity contribution >= 4 is 6.29 Å². The van der Waals surface area contributed by atoms with Gasteiger partial charge in [0, 0.05) is 43.7 Å². The molecule has 2 aliphatic rings. The van der Waals surface area contributed by atoms with Crippen LogP contribution in [0.15, 0.2) is 18.2 Å². The van der Waals surface area contributed by atoms with Crippen molar-refractivity contribution in [2.75, 3.05) is 32.7 Å². The second kappa shape index (κ2) is 7.16. The summed E-state index contributed by atoms with van der Waals surface area (Å²) >= 11 is 0. The van der Waals surface area contributed by atoms with E-state index in [0.29, 0.717) is 25.2 Å². The van der Waals surface area contributed by atoms with Gasteiger partial charge in [0.15, 0.2) is 0 Å². The van der Waals surface area contributed by atoms with E-state index in [1.807, 2.05) is 26.0 Å². The van der Waals surface area contributed by atoms with E-state index >= 15 is 0 Å². The van der Waals surface area contributed by atoms with Crippen LogP contribution in [-0.4, -0.2) is 59.0 Å². The highest BCUT2D eigenvalue weighted by atomic mass is 16.5. The summed E-state index contributed by atoms with van der Waals surface area (Å²) < 4.78 is 0. The van der Waals surface area contributed by atoms with Gasteiger partial charge in [-0.15, -0.1) is 0 Å². The second-order valence-corrected chi connectivity index (χ2v) is 8.16. The Kier molecular flexibility index (Phi) is 5.30. The Morgan fingerprint density at radius 3 is 2.44 bits per heavy atom. The zero-order valence-electron chi connectivity index (χ0n) is 15.4. The Morgan fingerprint density at radius 1 is 1.08 bits per heavy atom. The fourth-order valence-electron chi connectivity index (χ4n) is 4.10. The second-order valence-electron chi connectivity index (χ2n) is 8.16. The van der Waals surface area contributed by atoms with Crippen molar-refractivity contribution in [1.82, 2.24) is 9.80 Å². The molecule has 1 aromatic rings. The molecule has 1 saturated heterocycles. The molecule has 2 N–H and O–H groups in total. The Hall–Kier alpha value is -1.27. The maximum atomic E-state index is 11.1. The third-order valence-corrected chi connectivity index (χ3v) is 5.52. The van der Waals surface area contributed by atoms with Crippen molar-refractivity contribution < 1.29 is 15.0 Å². The van der Waals surface area contributed by atoms with Crippen molar-refractivity contribution in [3.8, 4) is 0 Å². The summed E-state index contributed by atoms with van der Waals surface area (Å²) in [5.74, 6) is -1.92. The summed E-state index contributed by atoms with van der Waals surface area (Å²) in [5, 5.41) is 21.9. The molecule has 0 bridgehead atoms. The molecule has 1 heterocycles. The monoisotopic (exact) mass is 346 g/mol. The van der Waals surface area contributed by atoms with Crippen molar-refractivity contribution in [3.63, 3.8) is 0 Å². The molecular formula is C20H30N2O3. The SMILES string of the molecule is CC(C)(C=O)CN1CCN(C(O)(O)c2cccc3c2CCCC3)CC1. The highest BCUT2D eigenvalue weighted by Crippen LogP contribution is 2.33. The molecule has 1 fully saturated rings. The lowest BCUT2D eigenvalue weighted by molar-refractivity contribution is -0.281. The van der Waals surface area contributed by atoms with E-state index < -0.39 is 5.91 Å². The average Bonchev–Trinajstić information content (AvgIpc) is 2.61. The van der Waals surface area contributed by atoms with Gasteiger partial charge in [0.05, 0.1) is 0 Å². The molecule has 0 amide bonds. The summed E-state index contributed by atoms with van der Waals surface area (Å²) in [6, 6.07) is 5.89. The van der Waals surface area contributed by atoms with Crippen LogP contribution < -0.4 is 0 Å². The van der Waals surface area contributed by atoms with Gasteiger partial charge in [-0.3, -0.25) is 4.90 Å². The zero-order valence-corrected chi connectivity index (χ0v) is 15.4. The highest BCUT2D eigenvalue weighted by Gasteiger charge is 2.39. The quantitative estimate of drug-likeness (QED) is 0.625. The van der Waals surface area contributed by atoms with Crippen molar-refractivity contribution in [2.45, 2.75) is 45.4 Å². The van der Waals surface area contributed by atoms with Crippen LogP contribution in [0.25, 0.3) is 0 Å². The van der Waals surface area contributed by atoms with Gasteiger partial charge in [0.25, 0.3) is 5.91 Å². The summed E-state index contributed by atoms with van der Waals surface area (Å²) in [6.45, 7) is 7.19. The predicted octanol–water partition coefficient (Wildman–Crippen LogP) is 1.50. The van der Waals surface area contributed by atoms with E-state index in [1.54, 1.807) is 4.90 Å². The van der Waals surface area contributed by atoms with Crippen LogP contribution in [-0.2, 0) is 23.5 Å². The van der Waals surface area contributed by atoms with E-state index in [2.05, 4.69) is 11.0 Å². The molecule has 0 spiro atoms. The first-order valence-electron chi connectivity index (χ1n) is 9.33. The Morgan fingerprint density at radius 2 is 1.76 bits per heavy atom. The summed E-state index contributed by atoms with van der Waals surface area (Å²) in [6.07, 6.45) is 5.22. The van der Waals surface area contributed by atoms with Crippen LogP contribution in [0.5, 0.6) is 0 Å². The van der Waals surface area contributed by atoms with Gasteiger partial charge in [-0.1, -0.05) is 32.0 Å². The molecule has 5 heteroatoms. The van der Waals surface area contributed by atoms with Gasteiger partial charge in [-0.05, 0) is 36.8 Å². The molecular weight excluding hydrogens is 316 g/mol. The van der Waals surface area contributed by atoms with Gasteiger partial charge in [0.2, 0.25) is 0 Å². The van der Waals surface area contributed by atoms with Gasteiger partial charge in [0.1, 0.15) is 6.29 Å². The van der Waals surface area contributed by atoms with Crippen molar-refractivity contribution in [1.29, 1.82) is 0 Å². The number of hydrogen-bond acceptors (Lipinski definition) is 5. The lowest BCUT2D eigenvalue weighted by atomic mass is 9.86. The first-order chi connectivity index (χ1) is 11.8. The van der Waals surface area contributed by atoms with E-state index in [4.69, 9.17) is 0 Å². The summed E-state index contributed by atoms with van der Waals surface area (Å²) in [5.41, 5.74) is 2.65. The largest absolute Gasteiger partial charge is 0.349 e. The van der Waals surface area contributed by atoms with Gasteiger partial charge in [-0.25, -0.2) is 4.90 Å². The molecule has 5 nitrogen and oxygen atoms in total. The molecule has 1 aliphatic heterocycles. The van der Waals surface area contributed by atoms with Crippen LogP contribution in [0.4, 0.5) is 0 Å². The van der Waals surface area contributed by atoms with E-state index in [1.165, 1.54) is 12.0 Å². The Balaban J connectivity index is 1.71. The van der Waals surface area contributed by atoms with E-state index in [0.717, 1.165) is 44.2 Å². The lowest BCUT2D eigenvalue weighted by Crippen LogP contribution is -2.57. The maximum absolute atomic E-state index is 11.1. The number of carbonyl (C=O) groups excluding carboxylic acids is 1. The average molecular weight is 346 g/mol. The van der Waals surface area contributed by atoms with Crippen LogP contribution in [0, 0.1) is 5.41 Å². The molecule has 1 aliphatic carbocycles. The number of aliphatic hydroxyl groups is 2. The first kappa shape index (κ1) is 18.5. The van der Waals surface area contributed by atoms with Gasteiger partial charge < -0.3 is 15.0 Å². The Bertz CT molecular complexity index is 619.